The third kappa shape index (κ3) is 2.33. The summed E-state index contributed by atoms with van der Waals surface area (Å²) in [5.41, 5.74) is 7.69. The third-order valence-corrected chi connectivity index (χ3v) is 3.01. The normalized spacial score (nSPS) is 10.8. The molecule has 0 saturated carbocycles. The second-order valence-electron chi connectivity index (χ2n) is 4.39. The van der Waals surface area contributed by atoms with Gasteiger partial charge in [-0.15, -0.1) is 0 Å². The fourth-order valence-corrected chi connectivity index (χ4v) is 1.94. The van der Waals surface area contributed by atoms with Gasteiger partial charge in [-0.1, -0.05) is 17.3 Å². The lowest BCUT2D eigenvalue weighted by molar-refractivity contribution is -0.120. The van der Waals surface area contributed by atoms with Crippen LogP contribution in [-0.4, -0.2) is 21.3 Å². The molecule has 0 fully saturated rings. The van der Waals surface area contributed by atoms with E-state index in [4.69, 9.17) is 10.3 Å². The van der Waals surface area contributed by atoms with Gasteiger partial charge in [-0.25, -0.2) is 0 Å². The van der Waals surface area contributed by atoms with Crippen molar-refractivity contribution in [2.45, 2.75) is 13.0 Å². The zero-order chi connectivity index (χ0) is 13.9. The van der Waals surface area contributed by atoms with Crippen LogP contribution in [0.1, 0.15) is 11.3 Å². The van der Waals surface area contributed by atoms with E-state index in [1.165, 1.54) is 0 Å². The summed E-state index contributed by atoms with van der Waals surface area (Å²) in [5, 5.41) is 13.9. The Morgan fingerprint density at radius 1 is 1.40 bits per heavy atom. The number of nitrogen functional groups attached to an aromatic ring is 1. The van der Waals surface area contributed by atoms with Crippen molar-refractivity contribution >= 4 is 22.7 Å². The van der Waals surface area contributed by atoms with Crippen molar-refractivity contribution in [3.8, 4) is 0 Å². The molecular formula is C13H13N5O2. The maximum Gasteiger partial charge on any atom is 0.226 e. The maximum absolute atomic E-state index is 11.9. The lowest BCUT2D eigenvalue weighted by Gasteiger charge is -2.02. The van der Waals surface area contributed by atoms with Crippen LogP contribution in [0.25, 0.3) is 11.0 Å². The monoisotopic (exact) mass is 271 g/mol. The maximum atomic E-state index is 11.9. The number of amides is 1. The molecule has 2 aromatic heterocycles. The van der Waals surface area contributed by atoms with Crippen molar-refractivity contribution in [3.05, 3.63) is 41.7 Å². The third-order valence-electron chi connectivity index (χ3n) is 3.01. The van der Waals surface area contributed by atoms with Gasteiger partial charge in [-0.3, -0.25) is 9.89 Å². The second kappa shape index (κ2) is 5.04. The van der Waals surface area contributed by atoms with E-state index in [2.05, 4.69) is 20.7 Å². The fraction of sp³-hybridized carbons (Fsp3) is 0.154. The molecule has 0 aliphatic rings. The molecule has 0 aliphatic carbocycles. The van der Waals surface area contributed by atoms with Gasteiger partial charge in [-0.05, 0) is 12.1 Å². The van der Waals surface area contributed by atoms with E-state index in [0.29, 0.717) is 23.6 Å². The smallest absolute Gasteiger partial charge is 0.226 e. The molecule has 0 saturated heterocycles. The number of para-hydroxylation sites is 1. The Kier molecular flexibility index (Phi) is 3.08. The van der Waals surface area contributed by atoms with E-state index in [1.807, 2.05) is 24.3 Å². The van der Waals surface area contributed by atoms with Crippen LogP contribution in [-0.2, 0) is 17.8 Å². The highest BCUT2D eigenvalue weighted by Gasteiger charge is 2.12. The molecule has 0 aliphatic heterocycles. The number of aromatic nitrogens is 3. The van der Waals surface area contributed by atoms with E-state index < -0.39 is 0 Å². The van der Waals surface area contributed by atoms with Crippen LogP contribution < -0.4 is 11.1 Å². The van der Waals surface area contributed by atoms with Crippen LogP contribution in [0.3, 0.4) is 0 Å². The van der Waals surface area contributed by atoms with Gasteiger partial charge >= 0.3 is 0 Å². The number of nitrogens with two attached hydrogens (primary N) is 1. The van der Waals surface area contributed by atoms with E-state index >= 15 is 0 Å². The van der Waals surface area contributed by atoms with Crippen LogP contribution in [0.2, 0.25) is 0 Å². The molecule has 0 radical (unpaired) electrons. The summed E-state index contributed by atoms with van der Waals surface area (Å²) in [6.45, 7) is 0.330. The molecule has 3 rings (SSSR count). The molecule has 1 aromatic carbocycles. The van der Waals surface area contributed by atoms with E-state index in [-0.39, 0.29) is 12.3 Å². The van der Waals surface area contributed by atoms with Gasteiger partial charge in [0.25, 0.3) is 0 Å². The molecule has 0 atom stereocenters. The Balaban J connectivity index is 1.66. The van der Waals surface area contributed by atoms with Crippen molar-refractivity contribution in [2.24, 2.45) is 0 Å². The van der Waals surface area contributed by atoms with Gasteiger partial charge in [0.05, 0.1) is 12.6 Å². The average Bonchev–Trinajstić information content (AvgIpc) is 3.04. The Morgan fingerprint density at radius 2 is 2.25 bits per heavy atom. The van der Waals surface area contributed by atoms with Crippen LogP contribution in [0.15, 0.2) is 35.0 Å². The highest BCUT2D eigenvalue weighted by atomic mass is 16.5. The number of hydrogen-bond acceptors (Lipinski definition) is 5. The first kappa shape index (κ1) is 12.2. The molecule has 0 spiro atoms. The van der Waals surface area contributed by atoms with Gasteiger partial charge in [0.15, 0.2) is 5.58 Å². The number of hydrogen-bond donors (Lipinski definition) is 3. The summed E-state index contributed by atoms with van der Waals surface area (Å²) in [6, 6.07) is 7.44. The summed E-state index contributed by atoms with van der Waals surface area (Å²) in [4.78, 5) is 11.9. The molecule has 4 N–H and O–H groups in total. The summed E-state index contributed by atoms with van der Waals surface area (Å²) in [5.74, 6) is 0.307. The lowest BCUT2D eigenvalue weighted by Crippen LogP contribution is -2.24. The van der Waals surface area contributed by atoms with Gasteiger partial charge in [0.2, 0.25) is 5.91 Å². The van der Waals surface area contributed by atoms with Crippen LogP contribution in [0.5, 0.6) is 0 Å². The number of benzene rings is 1. The SMILES string of the molecule is Nc1[nH]ncc1CNC(=O)Cc1noc2ccccc12. The van der Waals surface area contributed by atoms with Crippen LogP contribution >= 0.6 is 0 Å². The summed E-state index contributed by atoms with van der Waals surface area (Å²) >= 11 is 0. The first-order valence-corrected chi connectivity index (χ1v) is 6.12. The molecule has 20 heavy (non-hydrogen) atoms. The van der Waals surface area contributed by atoms with Crippen molar-refractivity contribution < 1.29 is 9.32 Å². The number of rotatable bonds is 4. The predicted molar refractivity (Wildman–Crippen MR) is 72.6 cm³/mol. The zero-order valence-electron chi connectivity index (χ0n) is 10.6. The minimum Gasteiger partial charge on any atom is -0.384 e. The quantitative estimate of drug-likeness (QED) is 0.655. The van der Waals surface area contributed by atoms with Gasteiger partial charge in [0, 0.05) is 17.5 Å². The molecule has 102 valence electrons. The standard InChI is InChI=1S/C13H13N5O2/c14-13-8(7-16-17-13)6-15-12(19)5-10-9-3-1-2-4-11(9)20-18-10/h1-4,7H,5-6H2,(H,15,19)(H3,14,16,17). The van der Waals surface area contributed by atoms with E-state index in [1.54, 1.807) is 6.20 Å². The first-order valence-electron chi connectivity index (χ1n) is 6.12. The molecule has 3 aromatic rings. The number of carbonyl (C=O) groups excluding carboxylic acids is 1. The molecule has 7 heteroatoms. The fourth-order valence-electron chi connectivity index (χ4n) is 1.94. The number of H-pyrrole nitrogens is 1. The molecule has 1 amide bonds. The number of anilines is 1. The molecular weight excluding hydrogens is 258 g/mol. The highest BCUT2D eigenvalue weighted by molar-refractivity contribution is 5.86. The van der Waals surface area contributed by atoms with E-state index in [9.17, 15) is 4.79 Å². The van der Waals surface area contributed by atoms with Gasteiger partial charge in [0.1, 0.15) is 11.5 Å². The topological polar surface area (TPSA) is 110 Å². The minimum absolute atomic E-state index is 0.148. The van der Waals surface area contributed by atoms with Crippen LogP contribution in [0, 0.1) is 0 Å². The predicted octanol–water partition coefficient (Wildman–Crippen LogP) is 0.992. The zero-order valence-corrected chi connectivity index (χ0v) is 10.6. The Labute approximate surface area is 114 Å². The summed E-state index contributed by atoms with van der Waals surface area (Å²) in [7, 11) is 0. The van der Waals surface area contributed by atoms with Gasteiger partial charge < -0.3 is 15.6 Å². The summed E-state index contributed by atoms with van der Waals surface area (Å²) in [6.07, 6.45) is 1.75. The molecule has 0 bridgehead atoms. The average molecular weight is 271 g/mol. The van der Waals surface area contributed by atoms with E-state index in [0.717, 1.165) is 10.9 Å². The van der Waals surface area contributed by atoms with Crippen molar-refractivity contribution in [1.82, 2.24) is 20.7 Å². The van der Waals surface area contributed by atoms with Crippen LogP contribution in [0.4, 0.5) is 5.82 Å². The minimum atomic E-state index is -0.148. The number of carbonyl (C=O) groups is 1. The molecule has 2 heterocycles. The first-order chi connectivity index (χ1) is 9.74. The molecule has 0 unspecified atom stereocenters. The molecule has 7 nitrogen and oxygen atoms in total. The number of nitrogens with zero attached hydrogens (tertiary/aromatic N) is 2. The number of fused-ring (bicyclic) bond motifs is 1. The second-order valence-corrected chi connectivity index (χ2v) is 4.39. The summed E-state index contributed by atoms with van der Waals surface area (Å²) < 4.78 is 5.15. The largest absolute Gasteiger partial charge is 0.384 e. The van der Waals surface area contributed by atoms with Gasteiger partial charge in [-0.2, -0.15) is 5.10 Å². The highest BCUT2D eigenvalue weighted by Crippen LogP contribution is 2.18. The van der Waals surface area contributed by atoms with Crippen molar-refractivity contribution in [1.29, 1.82) is 0 Å². The van der Waals surface area contributed by atoms with Crippen molar-refractivity contribution in [3.63, 3.8) is 0 Å². The lowest BCUT2D eigenvalue weighted by atomic mass is 10.1. The van der Waals surface area contributed by atoms with Crippen molar-refractivity contribution in [2.75, 3.05) is 5.73 Å². The number of aromatic amines is 1. The Hall–Kier alpha value is -2.83. The Morgan fingerprint density at radius 3 is 3.05 bits per heavy atom. The Bertz CT molecular complexity index is 746. The number of nitrogens with one attached hydrogen (secondary N) is 2.